The minimum absolute atomic E-state index is 0.0576. The first-order valence-electron chi connectivity index (χ1n) is 11.1. The fourth-order valence-electron chi connectivity index (χ4n) is 3.79. The maximum absolute atomic E-state index is 12.6. The molecule has 0 spiro atoms. The lowest BCUT2D eigenvalue weighted by Crippen LogP contribution is -2.33. The van der Waals surface area contributed by atoms with Gasteiger partial charge in [0.15, 0.2) is 18.1 Å². The zero-order valence-electron chi connectivity index (χ0n) is 19.4. The average molecular weight is 454 g/mol. The highest BCUT2D eigenvalue weighted by molar-refractivity contribution is 5.92. The summed E-state index contributed by atoms with van der Waals surface area (Å²) in [5.41, 5.74) is 2.67. The van der Waals surface area contributed by atoms with Gasteiger partial charge in [0.1, 0.15) is 24.4 Å². The van der Waals surface area contributed by atoms with E-state index in [1.54, 1.807) is 11.9 Å². The molecule has 0 atom stereocenters. The normalized spacial score (nSPS) is 15.8. The molecular weight excluding hydrogens is 422 g/mol. The van der Waals surface area contributed by atoms with Crippen LogP contribution in [0.4, 0.5) is 11.5 Å². The first-order valence-corrected chi connectivity index (χ1v) is 11.1. The molecule has 3 aromatic rings. The van der Waals surface area contributed by atoms with Crippen molar-refractivity contribution < 1.29 is 14.3 Å². The Balaban J connectivity index is 1.70. The summed E-state index contributed by atoms with van der Waals surface area (Å²) in [4.78, 5) is 28.7. The number of anilines is 2. The molecule has 0 radical (unpaired) electrons. The highest BCUT2D eigenvalue weighted by atomic mass is 16.5. The van der Waals surface area contributed by atoms with E-state index < -0.39 is 0 Å². The van der Waals surface area contributed by atoms with Crippen LogP contribution >= 0.6 is 0 Å². The van der Waals surface area contributed by atoms with Crippen molar-refractivity contribution in [1.82, 2.24) is 30.1 Å². The Kier molecular flexibility index (Phi) is 7.26. The van der Waals surface area contributed by atoms with E-state index in [4.69, 9.17) is 9.47 Å². The van der Waals surface area contributed by atoms with Crippen molar-refractivity contribution in [2.45, 2.75) is 13.0 Å². The van der Waals surface area contributed by atoms with Crippen LogP contribution < -0.4 is 20.1 Å². The Hall–Kier alpha value is -3.37. The summed E-state index contributed by atoms with van der Waals surface area (Å²) < 4.78 is 11.8. The number of benzene rings is 1. The number of hydrogen-bond donors (Lipinski definition) is 3. The van der Waals surface area contributed by atoms with Crippen LogP contribution in [0.5, 0.6) is 11.5 Å². The van der Waals surface area contributed by atoms with Crippen molar-refractivity contribution >= 4 is 28.4 Å². The molecule has 0 aliphatic carbocycles. The van der Waals surface area contributed by atoms with Crippen molar-refractivity contribution in [1.29, 1.82) is 0 Å². The van der Waals surface area contributed by atoms with Gasteiger partial charge in [0.25, 0.3) is 5.91 Å². The van der Waals surface area contributed by atoms with Gasteiger partial charge in [-0.1, -0.05) is 0 Å². The fraction of sp³-hybridized carbons (Fsp3) is 0.435. The molecule has 10 heteroatoms. The molecule has 10 nitrogen and oxygen atoms in total. The number of fused-ring (bicyclic) bond motifs is 2. The maximum Gasteiger partial charge on any atom is 0.260 e. The third-order valence-corrected chi connectivity index (χ3v) is 5.62. The molecule has 0 saturated heterocycles. The van der Waals surface area contributed by atoms with Gasteiger partial charge in [-0.05, 0) is 44.8 Å². The minimum atomic E-state index is -0.0743. The molecule has 1 aliphatic heterocycles. The van der Waals surface area contributed by atoms with E-state index in [-0.39, 0.29) is 12.5 Å². The lowest BCUT2D eigenvalue weighted by molar-refractivity contribution is -0.132. The van der Waals surface area contributed by atoms with Gasteiger partial charge < -0.3 is 34.9 Å². The summed E-state index contributed by atoms with van der Waals surface area (Å²) in [6, 6.07) is 5.58. The van der Waals surface area contributed by atoms with Gasteiger partial charge in [0.05, 0.1) is 5.39 Å². The van der Waals surface area contributed by atoms with E-state index in [0.717, 1.165) is 41.8 Å². The standard InChI is InChI=1S/C23H31N7O3/c1-24-7-10-32-18-6-5-17-11-19(18)33-14-20(31)30(3)9-4-8-29(2)13-16-12-25-22-21(16)23(28-17)27-15-26-22/h5-6,11-12,15,24H,4,7-10,13-14H2,1-3H3,(H2,25,26,27,28). The summed E-state index contributed by atoms with van der Waals surface area (Å²) in [6.07, 6.45) is 4.37. The third-order valence-electron chi connectivity index (χ3n) is 5.62. The predicted octanol–water partition coefficient (Wildman–Crippen LogP) is 1.97. The van der Waals surface area contributed by atoms with Gasteiger partial charge in [-0.2, -0.15) is 0 Å². The molecule has 2 aromatic heterocycles. The van der Waals surface area contributed by atoms with E-state index in [1.165, 1.54) is 6.33 Å². The molecule has 0 fully saturated rings. The maximum atomic E-state index is 12.6. The van der Waals surface area contributed by atoms with Crippen molar-refractivity contribution in [2.75, 3.05) is 59.3 Å². The largest absolute Gasteiger partial charge is 0.488 e. The van der Waals surface area contributed by atoms with Crippen LogP contribution in [0.1, 0.15) is 12.0 Å². The number of aromatic nitrogens is 3. The van der Waals surface area contributed by atoms with Crippen LogP contribution in [0.3, 0.4) is 0 Å². The second-order valence-corrected chi connectivity index (χ2v) is 8.19. The van der Waals surface area contributed by atoms with Crippen LogP contribution in [0.15, 0.2) is 30.7 Å². The summed E-state index contributed by atoms with van der Waals surface area (Å²) in [5.74, 6) is 1.73. The quantitative estimate of drug-likeness (QED) is 0.515. The van der Waals surface area contributed by atoms with Gasteiger partial charge in [0, 0.05) is 44.6 Å². The number of aromatic amines is 1. The van der Waals surface area contributed by atoms with Crippen molar-refractivity contribution in [3.05, 3.63) is 36.3 Å². The first-order chi connectivity index (χ1) is 16.0. The highest BCUT2D eigenvalue weighted by Gasteiger charge is 2.17. The Morgan fingerprint density at radius 3 is 2.97 bits per heavy atom. The number of hydrogen-bond acceptors (Lipinski definition) is 8. The molecule has 0 unspecified atom stereocenters. The van der Waals surface area contributed by atoms with Crippen LogP contribution in [0.25, 0.3) is 11.0 Å². The average Bonchev–Trinajstić information content (AvgIpc) is 3.21. The molecule has 3 heterocycles. The highest BCUT2D eigenvalue weighted by Crippen LogP contribution is 2.33. The summed E-state index contributed by atoms with van der Waals surface area (Å²) >= 11 is 0. The predicted molar refractivity (Wildman–Crippen MR) is 127 cm³/mol. The lowest BCUT2D eigenvalue weighted by atomic mass is 10.2. The Morgan fingerprint density at radius 2 is 2.12 bits per heavy atom. The molecule has 1 aromatic carbocycles. The van der Waals surface area contributed by atoms with Gasteiger partial charge in [-0.25, -0.2) is 9.97 Å². The number of ether oxygens (including phenoxy) is 2. The molecule has 33 heavy (non-hydrogen) atoms. The second-order valence-electron chi connectivity index (χ2n) is 8.19. The van der Waals surface area contributed by atoms with Crippen LogP contribution in [0.2, 0.25) is 0 Å². The molecule has 2 bridgehead atoms. The number of H-pyrrole nitrogens is 1. The van der Waals surface area contributed by atoms with Gasteiger partial charge in [-0.3, -0.25) is 4.79 Å². The smallest absolute Gasteiger partial charge is 0.260 e. The molecule has 1 aliphatic rings. The number of carbonyl (C=O) groups excluding carboxylic acids is 1. The zero-order valence-corrected chi connectivity index (χ0v) is 19.4. The van der Waals surface area contributed by atoms with E-state index in [9.17, 15) is 4.79 Å². The van der Waals surface area contributed by atoms with E-state index in [1.807, 2.05) is 31.4 Å². The van der Waals surface area contributed by atoms with Gasteiger partial charge in [0.2, 0.25) is 0 Å². The number of amides is 1. The fourth-order valence-corrected chi connectivity index (χ4v) is 3.79. The topological polar surface area (TPSA) is 108 Å². The second kappa shape index (κ2) is 10.5. The number of carbonyl (C=O) groups is 1. The van der Waals surface area contributed by atoms with Crippen LogP contribution in [0, 0.1) is 0 Å². The van der Waals surface area contributed by atoms with Crippen molar-refractivity contribution in [3.63, 3.8) is 0 Å². The minimum Gasteiger partial charge on any atom is -0.488 e. The van der Waals surface area contributed by atoms with Crippen molar-refractivity contribution in [2.24, 2.45) is 0 Å². The van der Waals surface area contributed by atoms with Gasteiger partial charge >= 0.3 is 0 Å². The van der Waals surface area contributed by atoms with Crippen LogP contribution in [-0.2, 0) is 11.3 Å². The van der Waals surface area contributed by atoms with Crippen LogP contribution in [-0.4, -0.2) is 84.6 Å². The van der Waals surface area contributed by atoms with E-state index in [2.05, 4.69) is 37.5 Å². The molecular formula is C23H31N7O3. The monoisotopic (exact) mass is 453 g/mol. The number of nitrogens with zero attached hydrogens (tertiary/aromatic N) is 4. The van der Waals surface area contributed by atoms with Gasteiger partial charge in [-0.15, -0.1) is 0 Å². The third kappa shape index (κ3) is 5.52. The first kappa shape index (κ1) is 22.8. The molecule has 1 amide bonds. The lowest BCUT2D eigenvalue weighted by Gasteiger charge is -2.22. The molecule has 3 N–H and O–H groups in total. The SMILES string of the molecule is CNCCOc1ccc2cc1OCC(=O)N(C)CCCN(C)Cc1c[nH]c3ncnc(c13)N2. The Bertz CT molecular complexity index is 1100. The molecule has 4 rings (SSSR count). The van der Waals surface area contributed by atoms with E-state index >= 15 is 0 Å². The zero-order chi connectivity index (χ0) is 23.2. The summed E-state index contributed by atoms with van der Waals surface area (Å²) in [5, 5.41) is 7.40. The molecule has 176 valence electrons. The Morgan fingerprint density at radius 1 is 1.24 bits per heavy atom. The van der Waals surface area contributed by atoms with E-state index in [0.29, 0.717) is 37.0 Å². The summed E-state index contributed by atoms with van der Waals surface area (Å²) in [7, 11) is 5.75. The molecule has 0 saturated carbocycles. The number of rotatable bonds is 4. The Labute approximate surface area is 193 Å². The van der Waals surface area contributed by atoms with Crippen molar-refractivity contribution in [3.8, 4) is 11.5 Å². The number of likely N-dealkylation sites (N-methyl/N-ethyl adjacent to an activating group) is 2. The number of nitrogens with one attached hydrogen (secondary N) is 3. The summed E-state index contributed by atoms with van der Waals surface area (Å²) in [6.45, 7) is 3.38.